The highest BCUT2D eigenvalue weighted by Gasteiger charge is 2.07. The Labute approximate surface area is 140 Å². The fraction of sp³-hybridized carbons (Fsp3) is 0.0667. The molecular formula is C15H12INO3S. The summed E-state index contributed by atoms with van der Waals surface area (Å²) in [5.41, 5.74) is 1.03. The van der Waals surface area contributed by atoms with Crippen molar-refractivity contribution < 1.29 is 14.7 Å². The Morgan fingerprint density at radius 3 is 2.38 bits per heavy atom. The number of aromatic carboxylic acids is 1. The number of rotatable bonds is 5. The van der Waals surface area contributed by atoms with Crippen molar-refractivity contribution in [2.75, 3.05) is 11.1 Å². The average molecular weight is 413 g/mol. The van der Waals surface area contributed by atoms with Gasteiger partial charge < -0.3 is 10.4 Å². The van der Waals surface area contributed by atoms with Crippen molar-refractivity contribution in [3.05, 3.63) is 57.7 Å². The Morgan fingerprint density at radius 2 is 1.76 bits per heavy atom. The second kappa shape index (κ2) is 7.46. The van der Waals surface area contributed by atoms with Gasteiger partial charge in [-0.1, -0.05) is 12.1 Å². The van der Waals surface area contributed by atoms with Gasteiger partial charge in [0.05, 0.1) is 17.0 Å². The maximum atomic E-state index is 11.9. The van der Waals surface area contributed by atoms with Crippen LogP contribution in [0.5, 0.6) is 0 Å². The van der Waals surface area contributed by atoms with Gasteiger partial charge in [0.25, 0.3) is 0 Å². The van der Waals surface area contributed by atoms with Crippen LogP contribution in [-0.2, 0) is 4.79 Å². The zero-order valence-corrected chi connectivity index (χ0v) is 13.8. The summed E-state index contributed by atoms with van der Waals surface area (Å²) in [6.45, 7) is 0. The van der Waals surface area contributed by atoms with Crippen LogP contribution in [0, 0.1) is 3.57 Å². The smallest absolute Gasteiger partial charge is 0.335 e. The largest absolute Gasteiger partial charge is 0.478 e. The molecule has 0 bridgehead atoms. The first kappa shape index (κ1) is 15.8. The van der Waals surface area contributed by atoms with Crippen LogP contribution in [0.3, 0.4) is 0 Å². The second-order valence-corrected chi connectivity index (χ2v) is 6.36. The highest BCUT2D eigenvalue weighted by atomic mass is 127. The van der Waals surface area contributed by atoms with Crippen LogP contribution in [0.4, 0.5) is 5.69 Å². The maximum absolute atomic E-state index is 11.9. The van der Waals surface area contributed by atoms with Crippen LogP contribution >= 0.6 is 34.4 Å². The first-order valence-electron chi connectivity index (χ1n) is 6.07. The number of halogens is 1. The first-order chi connectivity index (χ1) is 10.1. The molecule has 2 rings (SSSR count). The molecule has 0 saturated carbocycles. The van der Waals surface area contributed by atoms with E-state index in [1.807, 2.05) is 24.3 Å². The molecule has 0 heterocycles. The fourth-order valence-corrected chi connectivity index (χ4v) is 2.81. The molecule has 0 unspecified atom stereocenters. The quantitative estimate of drug-likeness (QED) is 0.580. The number of anilines is 1. The van der Waals surface area contributed by atoms with Crippen LogP contribution in [0.25, 0.3) is 0 Å². The normalized spacial score (nSPS) is 10.1. The molecule has 2 N–H and O–H groups in total. The van der Waals surface area contributed by atoms with Gasteiger partial charge in [0.2, 0.25) is 5.91 Å². The SMILES string of the molecule is O=C(CSc1ccc(C(=O)O)cc1)Nc1ccccc1I. The lowest BCUT2D eigenvalue weighted by Crippen LogP contribution is -2.14. The number of nitrogens with one attached hydrogen (secondary N) is 1. The summed E-state index contributed by atoms with van der Waals surface area (Å²) in [4.78, 5) is 23.5. The molecule has 0 fully saturated rings. The number of hydrogen-bond acceptors (Lipinski definition) is 3. The molecule has 1 amide bonds. The van der Waals surface area contributed by atoms with E-state index in [-0.39, 0.29) is 17.2 Å². The number of benzene rings is 2. The van der Waals surface area contributed by atoms with Crippen LogP contribution in [-0.4, -0.2) is 22.7 Å². The monoisotopic (exact) mass is 413 g/mol. The number of para-hydroxylation sites is 1. The molecule has 2 aromatic carbocycles. The molecule has 0 radical (unpaired) electrons. The number of thioether (sulfide) groups is 1. The number of carbonyl (C=O) groups is 2. The van der Waals surface area contributed by atoms with Crippen LogP contribution < -0.4 is 5.32 Å². The standard InChI is InChI=1S/C15H12INO3S/c16-12-3-1-2-4-13(12)17-14(18)9-21-11-7-5-10(6-8-11)15(19)20/h1-8H,9H2,(H,17,18)(H,19,20). The third-order valence-corrected chi connectivity index (χ3v) is 4.57. The summed E-state index contributed by atoms with van der Waals surface area (Å²) >= 11 is 3.53. The molecule has 0 spiro atoms. The van der Waals surface area contributed by atoms with Crippen molar-refractivity contribution in [1.29, 1.82) is 0 Å². The van der Waals surface area contributed by atoms with Gasteiger partial charge in [0.15, 0.2) is 0 Å². The van der Waals surface area contributed by atoms with Crippen LogP contribution in [0.1, 0.15) is 10.4 Å². The Kier molecular flexibility index (Phi) is 5.63. The summed E-state index contributed by atoms with van der Waals surface area (Å²) in [5, 5.41) is 11.7. The molecule has 0 aliphatic heterocycles. The number of carbonyl (C=O) groups excluding carboxylic acids is 1. The van der Waals surface area contributed by atoms with Gasteiger partial charge in [-0.25, -0.2) is 4.79 Å². The Hall–Kier alpha value is -1.54. The third kappa shape index (κ3) is 4.75. The molecule has 0 saturated heterocycles. The van der Waals surface area contributed by atoms with E-state index in [1.54, 1.807) is 12.1 Å². The summed E-state index contributed by atoms with van der Waals surface area (Å²) in [7, 11) is 0. The fourth-order valence-electron chi connectivity index (χ4n) is 1.59. The number of carboxylic acids is 1. The van der Waals surface area contributed by atoms with E-state index in [0.29, 0.717) is 0 Å². The Balaban J connectivity index is 1.89. The topological polar surface area (TPSA) is 66.4 Å². The van der Waals surface area contributed by atoms with E-state index in [0.717, 1.165) is 14.2 Å². The molecule has 0 atom stereocenters. The lowest BCUT2D eigenvalue weighted by molar-refractivity contribution is -0.113. The Bertz CT molecular complexity index is 658. The number of carboxylic acid groups (broad SMARTS) is 1. The number of hydrogen-bond donors (Lipinski definition) is 2. The van der Waals surface area contributed by atoms with Gasteiger partial charge >= 0.3 is 5.97 Å². The molecule has 108 valence electrons. The molecule has 21 heavy (non-hydrogen) atoms. The van der Waals surface area contributed by atoms with E-state index >= 15 is 0 Å². The molecule has 2 aromatic rings. The minimum Gasteiger partial charge on any atom is -0.478 e. The lowest BCUT2D eigenvalue weighted by Gasteiger charge is -2.07. The van der Waals surface area contributed by atoms with E-state index in [4.69, 9.17) is 5.11 Å². The predicted octanol–water partition coefficient (Wildman–Crippen LogP) is 3.72. The van der Waals surface area contributed by atoms with Crippen molar-refractivity contribution in [2.24, 2.45) is 0 Å². The summed E-state index contributed by atoms with van der Waals surface area (Å²) in [6.07, 6.45) is 0. The second-order valence-electron chi connectivity index (χ2n) is 4.15. The van der Waals surface area contributed by atoms with Gasteiger partial charge in [-0.15, -0.1) is 11.8 Å². The van der Waals surface area contributed by atoms with Gasteiger partial charge in [-0.3, -0.25) is 4.79 Å². The lowest BCUT2D eigenvalue weighted by atomic mass is 10.2. The minimum absolute atomic E-state index is 0.0913. The molecule has 6 heteroatoms. The molecule has 0 aliphatic rings. The molecule has 0 aromatic heterocycles. The van der Waals surface area contributed by atoms with E-state index < -0.39 is 5.97 Å². The highest BCUT2D eigenvalue weighted by molar-refractivity contribution is 14.1. The van der Waals surface area contributed by atoms with E-state index in [1.165, 1.54) is 23.9 Å². The zero-order valence-electron chi connectivity index (χ0n) is 10.9. The highest BCUT2D eigenvalue weighted by Crippen LogP contribution is 2.20. The van der Waals surface area contributed by atoms with Crippen LogP contribution in [0.15, 0.2) is 53.4 Å². The summed E-state index contributed by atoms with van der Waals surface area (Å²) < 4.78 is 0.985. The van der Waals surface area contributed by atoms with Gasteiger partial charge in [-0.05, 0) is 59.0 Å². The van der Waals surface area contributed by atoms with Crippen molar-refractivity contribution in [1.82, 2.24) is 0 Å². The van der Waals surface area contributed by atoms with E-state index in [2.05, 4.69) is 27.9 Å². The van der Waals surface area contributed by atoms with Gasteiger partial charge in [0.1, 0.15) is 0 Å². The first-order valence-corrected chi connectivity index (χ1v) is 8.13. The zero-order chi connectivity index (χ0) is 15.2. The van der Waals surface area contributed by atoms with Gasteiger partial charge in [-0.2, -0.15) is 0 Å². The summed E-state index contributed by atoms with van der Waals surface area (Å²) in [5.74, 6) is -0.772. The van der Waals surface area contributed by atoms with Crippen LogP contribution in [0.2, 0.25) is 0 Å². The minimum atomic E-state index is -0.956. The van der Waals surface area contributed by atoms with Crippen molar-refractivity contribution in [3.8, 4) is 0 Å². The van der Waals surface area contributed by atoms with Gasteiger partial charge in [0, 0.05) is 8.47 Å². The molecular weight excluding hydrogens is 401 g/mol. The molecule has 0 aliphatic carbocycles. The molecule has 4 nitrogen and oxygen atoms in total. The van der Waals surface area contributed by atoms with Crippen molar-refractivity contribution >= 4 is 51.9 Å². The van der Waals surface area contributed by atoms with E-state index in [9.17, 15) is 9.59 Å². The van der Waals surface area contributed by atoms with Crippen molar-refractivity contribution in [2.45, 2.75) is 4.90 Å². The summed E-state index contributed by atoms with van der Waals surface area (Å²) in [6, 6.07) is 14.0. The Morgan fingerprint density at radius 1 is 1.10 bits per heavy atom. The van der Waals surface area contributed by atoms with Crippen molar-refractivity contribution in [3.63, 3.8) is 0 Å². The third-order valence-electron chi connectivity index (χ3n) is 2.62. The maximum Gasteiger partial charge on any atom is 0.335 e. The number of amides is 1. The average Bonchev–Trinajstić information content (AvgIpc) is 2.48. The predicted molar refractivity (Wildman–Crippen MR) is 91.9 cm³/mol.